The second kappa shape index (κ2) is 15.9. The highest BCUT2D eigenvalue weighted by atomic mass is 16.2. The van der Waals surface area contributed by atoms with Gasteiger partial charge in [0, 0.05) is 30.7 Å². The lowest BCUT2D eigenvalue weighted by atomic mass is 9.94. The van der Waals surface area contributed by atoms with E-state index in [9.17, 15) is 9.59 Å². The second-order valence-corrected chi connectivity index (χ2v) is 10.0. The molecule has 1 aliphatic heterocycles. The molecule has 0 aliphatic carbocycles. The van der Waals surface area contributed by atoms with Gasteiger partial charge in [0.1, 0.15) is 0 Å². The van der Waals surface area contributed by atoms with Gasteiger partial charge in [0.2, 0.25) is 5.91 Å². The SMILES string of the molecule is CCCCCCCCCCCCCC(=O)N1C/C(=C\c2ccccc2)C(=O)/C(=C/c2ccccc2)C1. The minimum atomic E-state index is 0.0430. The van der Waals surface area contributed by atoms with Crippen molar-refractivity contribution in [2.75, 3.05) is 13.1 Å². The van der Waals surface area contributed by atoms with E-state index in [-0.39, 0.29) is 11.7 Å². The lowest BCUT2D eigenvalue weighted by molar-refractivity contribution is -0.131. The van der Waals surface area contributed by atoms with Gasteiger partial charge in [0.05, 0.1) is 0 Å². The van der Waals surface area contributed by atoms with Crippen LogP contribution < -0.4 is 0 Å². The average molecular weight is 486 g/mol. The second-order valence-electron chi connectivity index (χ2n) is 10.0. The summed E-state index contributed by atoms with van der Waals surface area (Å²) >= 11 is 0. The van der Waals surface area contributed by atoms with Crippen LogP contribution in [0.25, 0.3) is 12.2 Å². The lowest BCUT2D eigenvalue weighted by Gasteiger charge is -2.30. The quantitative estimate of drug-likeness (QED) is 0.199. The first-order valence-electron chi connectivity index (χ1n) is 14.0. The van der Waals surface area contributed by atoms with E-state index in [1.165, 1.54) is 57.8 Å². The summed E-state index contributed by atoms with van der Waals surface area (Å²) in [4.78, 5) is 28.3. The zero-order chi connectivity index (χ0) is 25.4. The molecule has 192 valence electrons. The van der Waals surface area contributed by atoms with E-state index in [1.807, 2.05) is 77.7 Å². The van der Waals surface area contributed by atoms with Crippen LogP contribution in [-0.2, 0) is 9.59 Å². The highest BCUT2D eigenvalue weighted by Gasteiger charge is 2.28. The Morgan fingerprint density at radius 1 is 0.667 bits per heavy atom. The fourth-order valence-electron chi connectivity index (χ4n) is 4.82. The van der Waals surface area contributed by atoms with Crippen LogP contribution >= 0.6 is 0 Å². The number of unbranched alkanes of at least 4 members (excludes halogenated alkanes) is 10. The fraction of sp³-hybridized carbons (Fsp3) is 0.455. The van der Waals surface area contributed by atoms with Crippen LogP contribution in [0.4, 0.5) is 0 Å². The highest BCUT2D eigenvalue weighted by molar-refractivity contribution is 6.15. The van der Waals surface area contributed by atoms with E-state index in [0.29, 0.717) is 30.7 Å². The van der Waals surface area contributed by atoms with Crippen molar-refractivity contribution in [2.45, 2.75) is 84.0 Å². The molecule has 0 aromatic heterocycles. The van der Waals surface area contributed by atoms with Crippen LogP contribution in [-0.4, -0.2) is 29.7 Å². The number of hydrogen-bond donors (Lipinski definition) is 0. The topological polar surface area (TPSA) is 37.4 Å². The molecular weight excluding hydrogens is 442 g/mol. The Balaban J connectivity index is 1.52. The minimum Gasteiger partial charge on any atom is -0.334 e. The van der Waals surface area contributed by atoms with Gasteiger partial charge in [-0.25, -0.2) is 0 Å². The maximum Gasteiger partial charge on any atom is 0.223 e. The van der Waals surface area contributed by atoms with Gasteiger partial charge in [-0.1, -0.05) is 132 Å². The number of piperidine rings is 1. The molecule has 0 spiro atoms. The van der Waals surface area contributed by atoms with Gasteiger partial charge in [-0.15, -0.1) is 0 Å². The number of nitrogens with zero attached hydrogens (tertiary/aromatic N) is 1. The molecule has 1 saturated heterocycles. The third kappa shape index (κ3) is 9.60. The third-order valence-corrected chi connectivity index (χ3v) is 6.93. The summed E-state index contributed by atoms with van der Waals surface area (Å²) in [6.07, 6.45) is 18.4. The Labute approximate surface area is 218 Å². The summed E-state index contributed by atoms with van der Waals surface area (Å²) in [6.45, 7) is 3.03. The number of ketones is 1. The monoisotopic (exact) mass is 485 g/mol. The van der Waals surface area contributed by atoms with Crippen molar-refractivity contribution in [1.29, 1.82) is 0 Å². The highest BCUT2D eigenvalue weighted by Crippen LogP contribution is 2.23. The average Bonchev–Trinajstić information content (AvgIpc) is 2.90. The number of carbonyl (C=O) groups excluding carboxylic acids is 2. The van der Waals surface area contributed by atoms with E-state index in [4.69, 9.17) is 0 Å². The van der Waals surface area contributed by atoms with E-state index >= 15 is 0 Å². The largest absolute Gasteiger partial charge is 0.334 e. The van der Waals surface area contributed by atoms with Crippen molar-refractivity contribution in [3.63, 3.8) is 0 Å². The molecule has 2 aromatic carbocycles. The number of likely N-dealkylation sites (tertiary alicyclic amines) is 1. The molecule has 1 heterocycles. The van der Waals surface area contributed by atoms with Crippen LogP contribution in [0.2, 0.25) is 0 Å². The molecule has 1 amide bonds. The van der Waals surface area contributed by atoms with Gasteiger partial charge in [-0.3, -0.25) is 9.59 Å². The lowest BCUT2D eigenvalue weighted by Crippen LogP contribution is -2.41. The summed E-state index contributed by atoms with van der Waals surface area (Å²) < 4.78 is 0. The first kappa shape index (κ1) is 27.6. The predicted octanol–water partition coefficient (Wildman–Crippen LogP) is 8.27. The smallest absolute Gasteiger partial charge is 0.223 e. The van der Waals surface area contributed by atoms with Crippen molar-refractivity contribution in [3.8, 4) is 0 Å². The van der Waals surface area contributed by atoms with E-state index in [1.54, 1.807) is 0 Å². The maximum atomic E-state index is 13.3. The first-order valence-corrected chi connectivity index (χ1v) is 14.0. The molecule has 0 atom stereocenters. The van der Waals surface area contributed by atoms with E-state index < -0.39 is 0 Å². The zero-order valence-corrected chi connectivity index (χ0v) is 22.1. The summed E-state index contributed by atoms with van der Waals surface area (Å²) in [5.74, 6) is 0.192. The Morgan fingerprint density at radius 2 is 1.08 bits per heavy atom. The number of amides is 1. The Morgan fingerprint density at radius 3 is 1.53 bits per heavy atom. The van der Waals surface area contributed by atoms with E-state index in [2.05, 4.69) is 6.92 Å². The molecule has 1 aliphatic rings. The zero-order valence-electron chi connectivity index (χ0n) is 22.1. The van der Waals surface area contributed by atoms with Crippen LogP contribution in [0, 0.1) is 0 Å². The van der Waals surface area contributed by atoms with Gasteiger partial charge < -0.3 is 4.90 Å². The van der Waals surface area contributed by atoms with Gasteiger partial charge in [-0.05, 0) is 29.7 Å². The minimum absolute atomic E-state index is 0.0430. The predicted molar refractivity (Wildman–Crippen MR) is 152 cm³/mol. The van der Waals surface area contributed by atoms with E-state index in [0.717, 1.165) is 24.0 Å². The summed E-state index contributed by atoms with van der Waals surface area (Å²) in [5, 5.41) is 0. The number of carbonyl (C=O) groups is 2. The van der Waals surface area contributed by atoms with Crippen LogP contribution in [0.1, 0.15) is 95.1 Å². The summed E-state index contributed by atoms with van der Waals surface area (Å²) in [6, 6.07) is 19.8. The number of rotatable bonds is 14. The molecule has 1 fully saturated rings. The van der Waals surface area contributed by atoms with Crippen LogP contribution in [0.15, 0.2) is 71.8 Å². The van der Waals surface area contributed by atoms with Gasteiger partial charge in [0.25, 0.3) is 0 Å². The fourth-order valence-corrected chi connectivity index (χ4v) is 4.82. The molecule has 36 heavy (non-hydrogen) atoms. The molecule has 2 aromatic rings. The normalized spacial score (nSPS) is 16.1. The molecule has 3 heteroatoms. The Bertz CT molecular complexity index is 929. The number of Topliss-reactive ketones (excluding diaryl/α,β-unsaturated/α-hetero) is 1. The molecule has 0 radical (unpaired) electrons. The van der Waals surface area contributed by atoms with Gasteiger partial charge >= 0.3 is 0 Å². The molecule has 0 unspecified atom stereocenters. The van der Waals surface area contributed by atoms with Crippen molar-refractivity contribution in [2.24, 2.45) is 0 Å². The van der Waals surface area contributed by atoms with Gasteiger partial charge in [0.15, 0.2) is 5.78 Å². The van der Waals surface area contributed by atoms with Crippen molar-refractivity contribution in [3.05, 3.63) is 82.9 Å². The Hall–Kier alpha value is -2.94. The van der Waals surface area contributed by atoms with Crippen molar-refractivity contribution < 1.29 is 9.59 Å². The van der Waals surface area contributed by atoms with Crippen molar-refractivity contribution >= 4 is 23.8 Å². The molecule has 0 N–H and O–H groups in total. The molecular formula is C33H43NO2. The van der Waals surface area contributed by atoms with Crippen molar-refractivity contribution in [1.82, 2.24) is 4.90 Å². The maximum absolute atomic E-state index is 13.3. The van der Waals surface area contributed by atoms with Crippen LogP contribution in [0.5, 0.6) is 0 Å². The number of benzene rings is 2. The Kier molecular flexibility index (Phi) is 12.2. The molecule has 3 rings (SSSR count). The summed E-state index contributed by atoms with van der Waals surface area (Å²) in [7, 11) is 0. The van der Waals surface area contributed by atoms with Crippen LogP contribution in [0.3, 0.4) is 0 Å². The number of hydrogen-bond acceptors (Lipinski definition) is 2. The summed E-state index contributed by atoms with van der Waals surface area (Å²) in [5.41, 5.74) is 3.34. The third-order valence-electron chi connectivity index (χ3n) is 6.93. The molecule has 0 saturated carbocycles. The molecule has 0 bridgehead atoms. The molecule has 3 nitrogen and oxygen atoms in total. The first-order chi connectivity index (χ1) is 17.7. The standard InChI is InChI=1S/C33H43NO2/c1-2-3-4-5-6-7-8-9-10-11-18-23-32(35)34-26-30(24-28-19-14-12-15-20-28)33(36)31(27-34)25-29-21-16-13-17-22-29/h12-17,19-22,24-25H,2-11,18,23,26-27H2,1H3/b30-24+,31-25+. The van der Waals surface area contributed by atoms with Gasteiger partial charge in [-0.2, -0.15) is 0 Å².